The van der Waals surface area contributed by atoms with E-state index in [2.05, 4.69) is 13.8 Å². The Bertz CT molecular complexity index is 432. The van der Waals surface area contributed by atoms with Crippen LogP contribution < -0.4 is 4.74 Å². The summed E-state index contributed by atoms with van der Waals surface area (Å²) in [4.78, 5) is 0. The highest BCUT2D eigenvalue weighted by Gasteiger charge is 2.20. The SMILES string of the molecule is CCOc1c(C(C)C)cc(Cl)cc1C(C)CC(O)CO. The molecule has 0 radical (unpaired) electrons. The molecule has 1 aromatic rings. The van der Waals surface area contributed by atoms with E-state index < -0.39 is 6.10 Å². The Morgan fingerprint density at radius 2 is 1.80 bits per heavy atom. The van der Waals surface area contributed by atoms with Gasteiger partial charge in [-0.3, -0.25) is 0 Å². The maximum atomic E-state index is 9.63. The molecule has 0 saturated heterocycles. The van der Waals surface area contributed by atoms with Crippen molar-refractivity contribution in [3.05, 3.63) is 28.3 Å². The molecule has 2 unspecified atom stereocenters. The monoisotopic (exact) mass is 300 g/mol. The van der Waals surface area contributed by atoms with Gasteiger partial charge in [-0.15, -0.1) is 0 Å². The van der Waals surface area contributed by atoms with Gasteiger partial charge in [0.05, 0.1) is 19.3 Å². The third-order valence-corrected chi connectivity index (χ3v) is 3.61. The van der Waals surface area contributed by atoms with Crippen LogP contribution in [0.25, 0.3) is 0 Å². The maximum absolute atomic E-state index is 9.63. The largest absolute Gasteiger partial charge is 0.493 e. The second-order valence-electron chi connectivity index (χ2n) is 5.47. The Labute approximate surface area is 126 Å². The normalized spacial score (nSPS) is 14.4. The molecule has 0 aliphatic carbocycles. The lowest BCUT2D eigenvalue weighted by Crippen LogP contribution is -2.16. The second kappa shape index (κ2) is 7.87. The molecule has 0 aliphatic heterocycles. The van der Waals surface area contributed by atoms with Gasteiger partial charge < -0.3 is 14.9 Å². The number of hydrogen-bond acceptors (Lipinski definition) is 3. The van der Waals surface area contributed by atoms with Crippen LogP contribution in [0.4, 0.5) is 0 Å². The number of halogens is 1. The number of aliphatic hydroxyl groups is 2. The van der Waals surface area contributed by atoms with Gasteiger partial charge in [0.15, 0.2) is 0 Å². The quantitative estimate of drug-likeness (QED) is 0.807. The summed E-state index contributed by atoms with van der Waals surface area (Å²) in [6.07, 6.45) is -0.241. The van der Waals surface area contributed by atoms with Crippen molar-refractivity contribution in [3.63, 3.8) is 0 Å². The summed E-state index contributed by atoms with van der Waals surface area (Å²) >= 11 is 6.21. The number of aliphatic hydroxyl groups excluding tert-OH is 2. The van der Waals surface area contributed by atoms with Gasteiger partial charge in [-0.25, -0.2) is 0 Å². The zero-order chi connectivity index (χ0) is 15.3. The zero-order valence-corrected chi connectivity index (χ0v) is 13.4. The average Bonchev–Trinajstić information content (AvgIpc) is 2.39. The van der Waals surface area contributed by atoms with Crippen molar-refractivity contribution in [2.45, 2.75) is 52.1 Å². The molecule has 2 N–H and O–H groups in total. The molecule has 0 fully saturated rings. The van der Waals surface area contributed by atoms with E-state index in [-0.39, 0.29) is 12.5 Å². The zero-order valence-electron chi connectivity index (χ0n) is 12.7. The van der Waals surface area contributed by atoms with E-state index in [1.807, 2.05) is 26.0 Å². The van der Waals surface area contributed by atoms with Gasteiger partial charge in [-0.2, -0.15) is 0 Å². The summed E-state index contributed by atoms with van der Waals surface area (Å²) in [5, 5.41) is 19.3. The molecule has 4 heteroatoms. The van der Waals surface area contributed by atoms with Crippen LogP contribution in [0.1, 0.15) is 57.1 Å². The fraction of sp³-hybridized carbons (Fsp3) is 0.625. The Morgan fingerprint density at radius 3 is 2.30 bits per heavy atom. The molecule has 0 saturated carbocycles. The molecule has 114 valence electrons. The molecular weight excluding hydrogens is 276 g/mol. The van der Waals surface area contributed by atoms with Crippen LogP contribution in [0.3, 0.4) is 0 Å². The molecule has 0 aromatic heterocycles. The third-order valence-electron chi connectivity index (χ3n) is 3.39. The van der Waals surface area contributed by atoms with E-state index in [4.69, 9.17) is 21.4 Å². The molecule has 1 aromatic carbocycles. The Kier molecular flexibility index (Phi) is 6.80. The molecule has 20 heavy (non-hydrogen) atoms. The highest BCUT2D eigenvalue weighted by molar-refractivity contribution is 6.30. The lowest BCUT2D eigenvalue weighted by molar-refractivity contribution is 0.0832. The predicted molar refractivity (Wildman–Crippen MR) is 82.8 cm³/mol. The summed E-state index contributed by atoms with van der Waals surface area (Å²) in [6, 6.07) is 3.84. The van der Waals surface area contributed by atoms with E-state index in [1.165, 1.54) is 0 Å². The average molecular weight is 301 g/mol. The lowest BCUT2D eigenvalue weighted by atomic mass is 9.90. The summed E-state index contributed by atoms with van der Waals surface area (Å²) in [6.45, 7) is 8.53. The fourth-order valence-electron chi connectivity index (χ4n) is 2.35. The topological polar surface area (TPSA) is 49.7 Å². The van der Waals surface area contributed by atoms with Gasteiger partial charge in [-0.05, 0) is 48.4 Å². The van der Waals surface area contributed by atoms with Crippen LogP contribution >= 0.6 is 11.6 Å². The molecule has 0 spiro atoms. The molecule has 0 bridgehead atoms. The van der Waals surface area contributed by atoms with E-state index >= 15 is 0 Å². The predicted octanol–water partition coefficient (Wildman–Crippen LogP) is 3.71. The minimum Gasteiger partial charge on any atom is -0.493 e. The summed E-state index contributed by atoms with van der Waals surface area (Å²) in [5.74, 6) is 1.24. The van der Waals surface area contributed by atoms with Crippen molar-refractivity contribution in [1.29, 1.82) is 0 Å². The number of hydrogen-bond donors (Lipinski definition) is 2. The highest BCUT2D eigenvalue weighted by atomic mass is 35.5. The molecule has 0 heterocycles. The Balaban J connectivity index is 3.21. The standard InChI is InChI=1S/C16H25ClO3/c1-5-20-16-14(10(2)3)7-12(17)8-15(16)11(4)6-13(19)9-18/h7-8,10-11,13,18-19H,5-6,9H2,1-4H3. The van der Waals surface area contributed by atoms with Crippen LogP contribution in [-0.4, -0.2) is 29.5 Å². The van der Waals surface area contributed by atoms with Crippen LogP contribution in [0, 0.1) is 0 Å². The van der Waals surface area contributed by atoms with Crippen molar-refractivity contribution >= 4 is 11.6 Å². The van der Waals surface area contributed by atoms with E-state index in [0.29, 0.717) is 24.0 Å². The van der Waals surface area contributed by atoms with Crippen molar-refractivity contribution in [3.8, 4) is 5.75 Å². The molecule has 2 atom stereocenters. The first kappa shape index (κ1) is 17.3. The highest BCUT2D eigenvalue weighted by Crippen LogP contribution is 2.38. The number of ether oxygens (including phenoxy) is 1. The fourth-order valence-corrected chi connectivity index (χ4v) is 2.59. The smallest absolute Gasteiger partial charge is 0.126 e. The molecule has 0 amide bonds. The molecule has 3 nitrogen and oxygen atoms in total. The van der Waals surface area contributed by atoms with Crippen LogP contribution in [-0.2, 0) is 0 Å². The van der Waals surface area contributed by atoms with Gasteiger partial charge in [0.25, 0.3) is 0 Å². The van der Waals surface area contributed by atoms with Crippen molar-refractivity contribution in [2.24, 2.45) is 0 Å². The summed E-state index contributed by atoms with van der Waals surface area (Å²) < 4.78 is 5.82. The Morgan fingerprint density at radius 1 is 1.20 bits per heavy atom. The maximum Gasteiger partial charge on any atom is 0.126 e. The van der Waals surface area contributed by atoms with Gasteiger partial charge >= 0.3 is 0 Å². The van der Waals surface area contributed by atoms with Crippen molar-refractivity contribution in [1.82, 2.24) is 0 Å². The van der Waals surface area contributed by atoms with Gasteiger partial charge in [0, 0.05) is 5.02 Å². The summed E-state index contributed by atoms with van der Waals surface area (Å²) in [7, 11) is 0. The first-order valence-electron chi connectivity index (χ1n) is 7.15. The van der Waals surface area contributed by atoms with Gasteiger partial charge in [-0.1, -0.05) is 32.4 Å². The van der Waals surface area contributed by atoms with Crippen molar-refractivity contribution in [2.75, 3.05) is 13.2 Å². The molecule has 1 rings (SSSR count). The van der Waals surface area contributed by atoms with Crippen molar-refractivity contribution < 1.29 is 14.9 Å². The summed E-state index contributed by atoms with van der Waals surface area (Å²) in [5.41, 5.74) is 2.08. The van der Waals surface area contributed by atoms with Crippen LogP contribution in [0.2, 0.25) is 5.02 Å². The number of benzene rings is 1. The number of rotatable bonds is 7. The first-order valence-corrected chi connectivity index (χ1v) is 7.53. The van der Waals surface area contributed by atoms with Crippen LogP contribution in [0.15, 0.2) is 12.1 Å². The molecular formula is C16H25ClO3. The minimum atomic E-state index is -0.721. The second-order valence-corrected chi connectivity index (χ2v) is 5.91. The van der Waals surface area contributed by atoms with E-state index in [1.54, 1.807) is 0 Å². The third kappa shape index (κ3) is 4.37. The van der Waals surface area contributed by atoms with E-state index in [9.17, 15) is 5.11 Å². The first-order chi connectivity index (χ1) is 9.40. The minimum absolute atomic E-state index is 0.0647. The lowest BCUT2D eigenvalue weighted by Gasteiger charge is -2.23. The molecule has 0 aliphatic rings. The van der Waals surface area contributed by atoms with Gasteiger partial charge in [0.1, 0.15) is 5.75 Å². The Hall–Kier alpha value is -0.770. The van der Waals surface area contributed by atoms with Crippen LogP contribution in [0.5, 0.6) is 5.75 Å². The van der Waals surface area contributed by atoms with Gasteiger partial charge in [0.2, 0.25) is 0 Å². The van der Waals surface area contributed by atoms with E-state index in [0.717, 1.165) is 16.9 Å².